The summed E-state index contributed by atoms with van der Waals surface area (Å²) in [6.07, 6.45) is 5.06. The molecule has 2 heterocycles. The van der Waals surface area contributed by atoms with E-state index < -0.39 is 5.91 Å². The number of hydrogen-bond acceptors (Lipinski definition) is 4. The fraction of sp³-hybridized carbons (Fsp3) is 0.333. The number of carbonyl (C=O) groups is 1. The van der Waals surface area contributed by atoms with Gasteiger partial charge in [-0.2, -0.15) is 0 Å². The topological polar surface area (TPSA) is 77.2 Å². The Morgan fingerprint density at radius 3 is 2.65 bits per heavy atom. The summed E-state index contributed by atoms with van der Waals surface area (Å²) in [6, 6.07) is 12.3. The maximum atomic E-state index is 11.5. The van der Waals surface area contributed by atoms with Crippen LogP contribution in [-0.4, -0.2) is 30.6 Å². The van der Waals surface area contributed by atoms with Gasteiger partial charge in [-0.3, -0.25) is 9.78 Å². The van der Waals surface area contributed by atoms with Gasteiger partial charge in [0.2, 0.25) is 0 Å². The number of nitrogens with zero attached hydrogens (tertiary/aromatic N) is 1. The number of amides is 1. The van der Waals surface area contributed by atoms with E-state index in [4.69, 9.17) is 10.5 Å². The van der Waals surface area contributed by atoms with Crippen molar-refractivity contribution < 1.29 is 9.53 Å². The molecule has 1 amide bonds. The smallest absolute Gasteiger partial charge is 0.252 e. The van der Waals surface area contributed by atoms with Gasteiger partial charge < -0.3 is 15.8 Å². The predicted molar refractivity (Wildman–Crippen MR) is 89.4 cm³/mol. The van der Waals surface area contributed by atoms with E-state index in [0.717, 1.165) is 38.3 Å². The molecule has 1 fully saturated rings. The number of primary amides is 1. The third kappa shape index (κ3) is 3.35. The molecule has 23 heavy (non-hydrogen) atoms. The van der Waals surface area contributed by atoms with Crippen molar-refractivity contribution in [2.75, 3.05) is 25.1 Å². The van der Waals surface area contributed by atoms with Gasteiger partial charge in [0.1, 0.15) is 0 Å². The van der Waals surface area contributed by atoms with Crippen LogP contribution in [0.15, 0.2) is 48.8 Å². The lowest BCUT2D eigenvalue weighted by Crippen LogP contribution is -2.40. The number of nitrogens with two attached hydrogens (primary N) is 1. The van der Waals surface area contributed by atoms with E-state index in [1.165, 1.54) is 11.8 Å². The maximum Gasteiger partial charge on any atom is 0.252 e. The number of rotatable bonds is 5. The van der Waals surface area contributed by atoms with Gasteiger partial charge in [0.15, 0.2) is 0 Å². The van der Waals surface area contributed by atoms with Gasteiger partial charge in [-0.1, -0.05) is 30.3 Å². The Balaban J connectivity index is 1.85. The number of nitrogens with one attached hydrogen (secondary N) is 1. The molecule has 1 saturated heterocycles. The summed E-state index contributed by atoms with van der Waals surface area (Å²) in [5.74, 6) is -0.471. The number of anilines is 1. The molecule has 1 aliphatic heterocycles. The van der Waals surface area contributed by atoms with Gasteiger partial charge in [-0.25, -0.2) is 0 Å². The third-order valence-electron chi connectivity index (χ3n) is 4.54. The molecule has 5 nitrogen and oxygen atoms in total. The highest BCUT2D eigenvalue weighted by atomic mass is 16.5. The summed E-state index contributed by atoms with van der Waals surface area (Å²) in [5.41, 5.74) is 7.87. The highest BCUT2D eigenvalue weighted by Crippen LogP contribution is 2.35. The summed E-state index contributed by atoms with van der Waals surface area (Å²) >= 11 is 0. The first-order valence-electron chi connectivity index (χ1n) is 7.82. The number of pyridine rings is 1. The zero-order valence-corrected chi connectivity index (χ0v) is 13.0. The minimum Gasteiger partial charge on any atom is -0.383 e. The van der Waals surface area contributed by atoms with Crippen LogP contribution in [-0.2, 0) is 10.2 Å². The van der Waals surface area contributed by atoms with Crippen LogP contribution in [0.1, 0.15) is 28.8 Å². The van der Waals surface area contributed by atoms with Crippen LogP contribution in [0.4, 0.5) is 5.69 Å². The molecule has 1 aliphatic rings. The molecular weight excluding hydrogens is 290 g/mol. The summed E-state index contributed by atoms with van der Waals surface area (Å²) < 4.78 is 5.55. The number of benzene rings is 1. The summed E-state index contributed by atoms with van der Waals surface area (Å²) in [5, 5.41) is 3.41. The lowest BCUT2D eigenvalue weighted by Gasteiger charge is -2.38. The minimum atomic E-state index is -0.471. The van der Waals surface area contributed by atoms with E-state index >= 15 is 0 Å². The third-order valence-corrected chi connectivity index (χ3v) is 4.54. The Morgan fingerprint density at radius 1 is 1.22 bits per heavy atom. The van der Waals surface area contributed by atoms with Crippen molar-refractivity contribution >= 4 is 11.6 Å². The molecule has 1 aromatic heterocycles. The zero-order valence-electron chi connectivity index (χ0n) is 13.0. The van der Waals surface area contributed by atoms with E-state index in [1.54, 1.807) is 12.3 Å². The van der Waals surface area contributed by atoms with Crippen molar-refractivity contribution in [3.63, 3.8) is 0 Å². The van der Waals surface area contributed by atoms with Crippen molar-refractivity contribution in [1.29, 1.82) is 0 Å². The molecule has 0 radical (unpaired) electrons. The normalized spacial score (nSPS) is 16.7. The predicted octanol–water partition coefficient (Wildman–Crippen LogP) is 2.34. The van der Waals surface area contributed by atoms with Crippen LogP contribution in [0, 0.1) is 0 Å². The van der Waals surface area contributed by atoms with E-state index in [0.29, 0.717) is 5.56 Å². The molecule has 0 unspecified atom stereocenters. The Hall–Kier alpha value is -2.40. The molecule has 0 atom stereocenters. The Kier molecular flexibility index (Phi) is 4.57. The molecule has 2 aromatic rings. The first-order valence-corrected chi connectivity index (χ1v) is 7.82. The van der Waals surface area contributed by atoms with Crippen LogP contribution < -0.4 is 11.1 Å². The van der Waals surface area contributed by atoms with Gasteiger partial charge in [-0.05, 0) is 24.5 Å². The molecule has 1 aromatic carbocycles. The fourth-order valence-corrected chi connectivity index (χ4v) is 3.13. The Labute approximate surface area is 135 Å². The van der Waals surface area contributed by atoms with Gasteiger partial charge in [0, 0.05) is 37.6 Å². The minimum absolute atomic E-state index is 0.00229. The van der Waals surface area contributed by atoms with Crippen LogP contribution in [0.2, 0.25) is 0 Å². The summed E-state index contributed by atoms with van der Waals surface area (Å²) in [6.45, 7) is 2.22. The molecule has 0 aliphatic carbocycles. The van der Waals surface area contributed by atoms with E-state index in [-0.39, 0.29) is 5.41 Å². The van der Waals surface area contributed by atoms with Crippen LogP contribution in [0.5, 0.6) is 0 Å². The average Bonchev–Trinajstić information content (AvgIpc) is 2.62. The molecule has 5 heteroatoms. The maximum absolute atomic E-state index is 11.5. The first-order chi connectivity index (χ1) is 11.2. The summed E-state index contributed by atoms with van der Waals surface area (Å²) in [4.78, 5) is 15.5. The van der Waals surface area contributed by atoms with Crippen molar-refractivity contribution in [2.45, 2.75) is 18.3 Å². The summed E-state index contributed by atoms with van der Waals surface area (Å²) in [7, 11) is 0. The number of carbonyl (C=O) groups excluding carboxylic acids is 1. The molecule has 0 bridgehead atoms. The van der Waals surface area contributed by atoms with Crippen molar-refractivity contribution in [1.82, 2.24) is 4.98 Å². The van der Waals surface area contributed by atoms with Gasteiger partial charge in [0.05, 0.1) is 11.3 Å². The second-order valence-electron chi connectivity index (χ2n) is 5.90. The average molecular weight is 311 g/mol. The lowest BCUT2D eigenvalue weighted by molar-refractivity contribution is 0.0544. The van der Waals surface area contributed by atoms with Crippen LogP contribution in [0.25, 0.3) is 0 Å². The van der Waals surface area contributed by atoms with E-state index in [9.17, 15) is 4.79 Å². The lowest BCUT2D eigenvalue weighted by atomic mass is 9.74. The van der Waals surface area contributed by atoms with Crippen LogP contribution >= 0.6 is 0 Å². The molecule has 120 valence electrons. The van der Waals surface area contributed by atoms with Gasteiger partial charge in [-0.15, -0.1) is 0 Å². The molecule has 0 saturated carbocycles. The number of ether oxygens (including phenoxy) is 1. The largest absolute Gasteiger partial charge is 0.383 e. The van der Waals surface area contributed by atoms with Crippen molar-refractivity contribution in [3.8, 4) is 0 Å². The fourth-order valence-electron chi connectivity index (χ4n) is 3.13. The van der Waals surface area contributed by atoms with Gasteiger partial charge >= 0.3 is 0 Å². The molecular formula is C18H21N3O2. The highest BCUT2D eigenvalue weighted by Gasteiger charge is 2.34. The van der Waals surface area contributed by atoms with Crippen LogP contribution in [0.3, 0.4) is 0 Å². The van der Waals surface area contributed by atoms with E-state index in [2.05, 4.69) is 34.6 Å². The van der Waals surface area contributed by atoms with Gasteiger partial charge in [0.25, 0.3) is 5.91 Å². The zero-order chi connectivity index (χ0) is 16.1. The number of aromatic nitrogens is 1. The van der Waals surface area contributed by atoms with Crippen molar-refractivity contribution in [3.05, 3.63) is 59.9 Å². The standard InChI is InChI=1S/C18H21N3O2/c19-17(22)15-12-20-9-6-16(15)21-13-18(7-10-23-11-8-18)14-4-2-1-3-5-14/h1-6,9,12H,7-8,10-11,13H2,(H2,19,22)(H,20,21). The van der Waals surface area contributed by atoms with Crippen molar-refractivity contribution in [2.24, 2.45) is 5.73 Å². The number of hydrogen-bond donors (Lipinski definition) is 2. The Morgan fingerprint density at radius 2 is 1.96 bits per heavy atom. The highest BCUT2D eigenvalue weighted by molar-refractivity contribution is 5.98. The molecule has 3 N–H and O–H groups in total. The first kappa shape index (κ1) is 15.5. The second kappa shape index (κ2) is 6.79. The monoisotopic (exact) mass is 311 g/mol. The Bertz CT molecular complexity index is 667. The SMILES string of the molecule is NC(=O)c1cnccc1NCC1(c2ccccc2)CCOCC1. The molecule has 0 spiro atoms. The molecule has 3 rings (SSSR count). The quantitative estimate of drug-likeness (QED) is 0.888. The van der Waals surface area contributed by atoms with E-state index in [1.807, 2.05) is 6.07 Å². The second-order valence-corrected chi connectivity index (χ2v) is 5.90.